The van der Waals surface area contributed by atoms with Gasteiger partial charge in [0.25, 0.3) is 11.8 Å². The van der Waals surface area contributed by atoms with Crippen LogP contribution in [0.2, 0.25) is 0 Å². The number of carbonyl (C=O) groups is 3. The van der Waals surface area contributed by atoms with Crippen molar-refractivity contribution in [2.45, 2.75) is 44.2 Å². The van der Waals surface area contributed by atoms with Crippen LogP contribution in [0.3, 0.4) is 0 Å². The van der Waals surface area contributed by atoms with Crippen LogP contribution in [0, 0.1) is 0 Å². The van der Waals surface area contributed by atoms with Crippen molar-refractivity contribution in [2.24, 2.45) is 0 Å². The molecule has 5 aromatic rings. The molecule has 0 bridgehead atoms. The molecule has 0 aliphatic carbocycles. The van der Waals surface area contributed by atoms with Crippen LogP contribution in [0.5, 0.6) is 0 Å². The summed E-state index contributed by atoms with van der Waals surface area (Å²) in [5.74, 6) is -0.835. The van der Waals surface area contributed by atoms with Gasteiger partial charge in [0.05, 0.1) is 35.2 Å². The fourth-order valence-electron chi connectivity index (χ4n) is 6.94. The highest BCUT2D eigenvalue weighted by Gasteiger charge is 2.39. The van der Waals surface area contributed by atoms with Gasteiger partial charge in [-0.1, -0.05) is 36.4 Å². The number of aliphatic hydroxyl groups is 1. The van der Waals surface area contributed by atoms with Crippen LogP contribution in [-0.2, 0) is 17.8 Å². The molecular formula is C30H27N5O5. The molecule has 1 saturated heterocycles. The number of nitrogens with zero attached hydrogens (tertiary/aromatic N) is 2. The molecule has 3 amide bonds. The van der Waals surface area contributed by atoms with E-state index in [0.29, 0.717) is 21.9 Å². The second-order valence-corrected chi connectivity index (χ2v) is 10.9. The van der Waals surface area contributed by atoms with Gasteiger partial charge in [0.1, 0.15) is 12.2 Å². The number of rotatable bonds is 2. The highest BCUT2D eigenvalue weighted by molar-refractivity contribution is 6.39. The summed E-state index contributed by atoms with van der Waals surface area (Å²) < 4.78 is 9.97. The SMILES string of the molecule is O=C(NC1CCNCC1)OC1Cn2c3ccccc3c3c4c(c5c6ccccc6n(c5c32)CC1O)C(=O)NC4=O. The third-order valence-corrected chi connectivity index (χ3v) is 8.68. The predicted octanol–water partition coefficient (Wildman–Crippen LogP) is 3.01. The number of nitrogens with one attached hydrogen (secondary N) is 3. The summed E-state index contributed by atoms with van der Waals surface area (Å²) in [5.41, 5.74) is 3.97. The van der Waals surface area contributed by atoms with Crippen LogP contribution < -0.4 is 16.0 Å². The molecule has 5 heterocycles. The van der Waals surface area contributed by atoms with Crippen LogP contribution in [0.1, 0.15) is 33.6 Å². The van der Waals surface area contributed by atoms with E-state index in [1.165, 1.54) is 0 Å². The Kier molecular flexibility index (Phi) is 5.01. The third-order valence-electron chi connectivity index (χ3n) is 8.68. The molecule has 1 fully saturated rings. The number of alkyl carbamates (subject to hydrolysis) is 1. The molecule has 8 rings (SSSR count). The van der Waals surface area contributed by atoms with Crippen LogP contribution in [0.25, 0.3) is 43.6 Å². The van der Waals surface area contributed by atoms with Crippen LogP contribution in [0.4, 0.5) is 4.79 Å². The van der Waals surface area contributed by atoms with Crippen molar-refractivity contribution < 1.29 is 24.2 Å². The molecule has 3 aliphatic heterocycles. The number of aliphatic hydroxyl groups excluding tert-OH is 1. The van der Waals surface area contributed by atoms with E-state index in [1.807, 2.05) is 57.7 Å². The highest BCUT2D eigenvalue weighted by atomic mass is 16.6. The van der Waals surface area contributed by atoms with Gasteiger partial charge in [0, 0.05) is 38.6 Å². The smallest absolute Gasteiger partial charge is 0.407 e. The molecule has 3 aliphatic rings. The third kappa shape index (κ3) is 3.20. The zero-order valence-electron chi connectivity index (χ0n) is 21.6. The molecule has 0 spiro atoms. The first-order valence-corrected chi connectivity index (χ1v) is 13.7. The fourth-order valence-corrected chi connectivity index (χ4v) is 6.94. The molecule has 2 atom stereocenters. The van der Waals surface area contributed by atoms with E-state index in [0.717, 1.165) is 58.8 Å². The van der Waals surface area contributed by atoms with Gasteiger partial charge in [-0.15, -0.1) is 0 Å². The Morgan fingerprint density at radius 2 is 1.40 bits per heavy atom. The number of aromatic nitrogens is 2. The predicted molar refractivity (Wildman–Crippen MR) is 150 cm³/mol. The zero-order chi connectivity index (χ0) is 27.1. The quantitative estimate of drug-likeness (QED) is 0.257. The fraction of sp³-hybridized carbons (Fsp3) is 0.300. The minimum Gasteiger partial charge on any atom is -0.441 e. The molecule has 0 saturated carbocycles. The van der Waals surface area contributed by atoms with E-state index >= 15 is 0 Å². The molecule has 202 valence electrons. The number of hydrogen-bond acceptors (Lipinski definition) is 6. The lowest BCUT2D eigenvalue weighted by Gasteiger charge is -2.29. The van der Waals surface area contributed by atoms with Crippen LogP contribution >= 0.6 is 0 Å². The van der Waals surface area contributed by atoms with E-state index in [4.69, 9.17) is 4.74 Å². The van der Waals surface area contributed by atoms with E-state index in [-0.39, 0.29) is 19.1 Å². The first-order valence-electron chi connectivity index (χ1n) is 13.7. The van der Waals surface area contributed by atoms with Gasteiger partial charge in [-0.2, -0.15) is 0 Å². The van der Waals surface area contributed by atoms with Gasteiger partial charge >= 0.3 is 6.09 Å². The molecule has 10 nitrogen and oxygen atoms in total. The van der Waals surface area contributed by atoms with Crippen molar-refractivity contribution in [3.8, 4) is 0 Å². The number of piperidine rings is 1. The second-order valence-electron chi connectivity index (χ2n) is 10.9. The lowest BCUT2D eigenvalue weighted by atomic mass is 9.96. The molecule has 3 aromatic carbocycles. The van der Waals surface area contributed by atoms with Gasteiger partial charge in [-0.3, -0.25) is 14.9 Å². The minimum absolute atomic E-state index is 0.0194. The number of benzene rings is 3. The monoisotopic (exact) mass is 537 g/mol. The molecule has 40 heavy (non-hydrogen) atoms. The number of imide groups is 1. The molecular weight excluding hydrogens is 510 g/mol. The van der Waals surface area contributed by atoms with Crippen molar-refractivity contribution in [1.29, 1.82) is 0 Å². The Hall–Kier alpha value is -4.41. The van der Waals surface area contributed by atoms with Crippen LogP contribution in [0.15, 0.2) is 48.5 Å². The van der Waals surface area contributed by atoms with E-state index in [2.05, 4.69) is 16.0 Å². The second kappa shape index (κ2) is 8.54. The number of para-hydroxylation sites is 2. The van der Waals surface area contributed by atoms with Crippen molar-refractivity contribution >= 4 is 61.5 Å². The summed E-state index contributed by atoms with van der Waals surface area (Å²) in [6, 6.07) is 15.4. The van der Waals surface area contributed by atoms with Crippen molar-refractivity contribution in [1.82, 2.24) is 25.1 Å². The lowest BCUT2D eigenvalue weighted by Crippen LogP contribution is -2.46. The van der Waals surface area contributed by atoms with E-state index < -0.39 is 30.1 Å². The lowest BCUT2D eigenvalue weighted by molar-refractivity contribution is -0.0135. The number of amides is 3. The van der Waals surface area contributed by atoms with Crippen molar-refractivity contribution in [3.63, 3.8) is 0 Å². The number of fused-ring (bicyclic) bond motifs is 9. The summed E-state index contributed by atoms with van der Waals surface area (Å²) in [7, 11) is 0. The first-order chi connectivity index (χ1) is 19.5. The van der Waals surface area contributed by atoms with Gasteiger partial charge < -0.3 is 29.6 Å². The molecule has 10 heteroatoms. The van der Waals surface area contributed by atoms with E-state index in [1.54, 1.807) is 0 Å². The van der Waals surface area contributed by atoms with Gasteiger partial charge in [-0.05, 0) is 38.1 Å². The first kappa shape index (κ1) is 23.5. The summed E-state index contributed by atoms with van der Waals surface area (Å²) in [4.78, 5) is 39.5. The average molecular weight is 538 g/mol. The Bertz CT molecular complexity index is 1910. The molecule has 4 N–H and O–H groups in total. The topological polar surface area (TPSA) is 127 Å². The maximum absolute atomic E-state index is 13.3. The van der Waals surface area contributed by atoms with Crippen molar-refractivity contribution in [3.05, 3.63) is 59.7 Å². The zero-order valence-corrected chi connectivity index (χ0v) is 21.6. The van der Waals surface area contributed by atoms with Crippen LogP contribution in [-0.4, -0.2) is 63.5 Å². The summed E-state index contributed by atoms with van der Waals surface area (Å²) in [6.07, 6.45) is -0.791. The number of carbonyl (C=O) groups excluding carboxylic acids is 3. The Labute approximate surface area is 227 Å². The van der Waals surface area contributed by atoms with Crippen molar-refractivity contribution in [2.75, 3.05) is 13.1 Å². The van der Waals surface area contributed by atoms with Gasteiger partial charge in [0.15, 0.2) is 0 Å². The summed E-state index contributed by atoms with van der Waals surface area (Å²) >= 11 is 0. The summed E-state index contributed by atoms with van der Waals surface area (Å²) in [6.45, 7) is 2.01. The minimum atomic E-state index is -1.02. The Balaban J connectivity index is 1.39. The van der Waals surface area contributed by atoms with Gasteiger partial charge in [-0.25, -0.2) is 4.79 Å². The highest BCUT2D eigenvalue weighted by Crippen LogP contribution is 2.45. The normalized spacial score (nSPS) is 21.2. The molecule has 2 unspecified atom stereocenters. The number of hydrogen-bond donors (Lipinski definition) is 4. The summed E-state index contributed by atoms with van der Waals surface area (Å²) in [5, 5.41) is 23.4. The maximum Gasteiger partial charge on any atom is 0.407 e. The number of ether oxygens (including phenoxy) is 1. The Morgan fingerprint density at radius 1 is 0.850 bits per heavy atom. The van der Waals surface area contributed by atoms with Gasteiger partial charge in [0.2, 0.25) is 0 Å². The average Bonchev–Trinajstić information content (AvgIpc) is 3.55. The molecule has 2 aromatic heterocycles. The largest absolute Gasteiger partial charge is 0.441 e. The van der Waals surface area contributed by atoms with E-state index in [9.17, 15) is 19.5 Å². The maximum atomic E-state index is 13.3. The molecule has 0 radical (unpaired) electrons. The standard InChI is InChI=1S/C30H27N5O5/c36-20-13-34-18-7-3-1-5-16(18)22-24-25(29(38)33-28(24)37)23-17-6-2-4-8-19(17)35(27(23)26(22)34)14-21(20)40-30(39)32-15-9-11-31-12-10-15/h1-8,15,20-21,31,36H,9-14H2,(H,32,39)(H,33,37,38). The Morgan fingerprint density at radius 3 is 2.00 bits per heavy atom.